The van der Waals surface area contributed by atoms with Crippen LogP contribution in [0.3, 0.4) is 0 Å². The highest BCUT2D eigenvalue weighted by Crippen LogP contribution is 2.52. The number of hydrogen-bond donors (Lipinski definition) is 2. The van der Waals surface area contributed by atoms with Crippen molar-refractivity contribution in [2.75, 3.05) is 26.4 Å². The van der Waals surface area contributed by atoms with E-state index in [0.29, 0.717) is 24.3 Å². The molecule has 1 aliphatic carbocycles. The van der Waals surface area contributed by atoms with E-state index in [9.17, 15) is 19.8 Å². The zero-order chi connectivity index (χ0) is 30.6. The van der Waals surface area contributed by atoms with Crippen molar-refractivity contribution < 1.29 is 29.3 Å². The molecule has 0 radical (unpaired) electrons. The smallest absolute Gasteiger partial charge is 0.312 e. The highest BCUT2D eigenvalue weighted by atomic mass is 16.5. The number of carbonyl (C=O) groups is 2. The second-order valence-corrected chi connectivity index (χ2v) is 13.4. The van der Waals surface area contributed by atoms with Crippen molar-refractivity contribution >= 4 is 17.4 Å². The van der Waals surface area contributed by atoms with Gasteiger partial charge in [0.25, 0.3) is 5.91 Å². The molecule has 3 rings (SSSR count). The third-order valence-electron chi connectivity index (χ3n) is 8.93. The number of benzene rings is 1. The van der Waals surface area contributed by atoms with Gasteiger partial charge < -0.3 is 24.6 Å². The zero-order valence-electron chi connectivity index (χ0n) is 26.1. The van der Waals surface area contributed by atoms with Crippen LogP contribution < -0.4 is 0 Å². The Morgan fingerprint density at radius 1 is 1.02 bits per heavy atom. The Bertz CT molecular complexity index is 1170. The number of esters is 1. The van der Waals surface area contributed by atoms with Gasteiger partial charge >= 0.3 is 5.97 Å². The van der Waals surface area contributed by atoms with Crippen molar-refractivity contribution in [2.45, 2.75) is 80.4 Å². The largest absolute Gasteiger partial charge is 0.491 e. The fraction of sp³-hybridized carbons (Fsp3) is 0.588. The van der Waals surface area contributed by atoms with E-state index in [0.717, 1.165) is 17.5 Å². The molecule has 1 amide bonds. The summed E-state index contributed by atoms with van der Waals surface area (Å²) in [5.41, 5.74) is 1.29. The van der Waals surface area contributed by atoms with E-state index >= 15 is 0 Å². The summed E-state index contributed by atoms with van der Waals surface area (Å²) in [7, 11) is 0. The molecule has 41 heavy (non-hydrogen) atoms. The molecule has 0 fully saturated rings. The van der Waals surface area contributed by atoms with Crippen LogP contribution in [0.25, 0.3) is 5.57 Å². The topological polar surface area (TPSA) is 96.3 Å². The summed E-state index contributed by atoms with van der Waals surface area (Å²) in [5.74, 6) is 0.0818. The molecule has 0 spiro atoms. The predicted molar refractivity (Wildman–Crippen MR) is 162 cm³/mol. The summed E-state index contributed by atoms with van der Waals surface area (Å²) in [5, 5.41) is 20.1. The maximum atomic E-state index is 13.7. The van der Waals surface area contributed by atoms with Crippen LogP contribution in [0.5, 0.6) is 0 Å². The van der Waals surface area contributed by atoms with Crippen LogP contribution in [0.4, 0.5) is 0 Å². The van der Waals surface area contributed by atoms with Crippen LogP contribution in [-0.2, 0) is 25.5 Å². The average Bonchev–Trinajstić information content (AvgIpc) is 2.92. The number of rotatable bonds is 11. The summed E-state index contributed by atoms with van der Waals surface area (Å²) < 4.78 is 11.5. The molecule has 0 aromatic heterocycles. The third-order valence-corrected chi connectivity index (χ3v) is 8.93. The monoisotopic (exact) mass is 567 g/mol. The fourth-order valence-corrected chi connectivity index (χ4v) is 5.84. The quantitative estimate of drug-likeness (QED) is 0.352. The van der Waals surface area contributed by atoms with Gasteiger partial charge in [-0.25, -0.2) is 0 Å². The molecular formula is C34H49NO6. The highest BCUT2D eigenvalue weighted by Gasteiger charge is 2.53. The lowest BCUT2D eigenvalue weighted by molar-refractivity contribution is -0.176. The first-order valence-electron chi connectivity index (χ1n) is 14.8. The Kier molecular flexibility index (Phi) is 10.3. The van der Waals surface area contributed by atoms with E-state index in [1.165, 1.54) is 0 Å². The molecule has 0 saturated heterocycles. The molecule has 1 aromatic rings. The molecule has 1 aromatic carbocycles. The predicted octanol–water partition coefficient (Wildman–Crippen LogP) is 5.31. The maximum absolute atomic E-state index is 13.7. The van der Waals surface area contributed by atoms with Gasteiger partial charge in [-0.1, -0.05) is 84.9 Å². The zero-order valence-corrected chi connectivity index (χ0v) is 26.1. The number of allylic oxidation sites excluding steroid dienone is 1. The van der Waals surface area contributed by atoms with E-state index in [1.807, 2.05) is 97.0 Å². The molecule has 0 bridgehead atoms. The van der Waals surface area contributed by atoms with Crippen LogP contribution in [-0.4, -0.2) is 65.5 Å². The summed E-state index contributed by atoms with van der Waals surface area (Å²) in [6.45, 7) is 16.3. The molecule has 226 valence electrons. The molecule has 1 heterocycles. The number of nitrogens with zero attached hydrogens (tertiary/aromatic N) is 1. The number of amides is 1. The number of aliphatic hydroxyl groups is 2. The Morgan fingerprint density at radius 2 is 1.68 bits per heavy atom. The Labute approximate surface area is 245 Å². The molecule has 0 saturated carbocycles. The van der Waals surface area contributed by atoms with E-state index in [2.05, 4.69) is 6.92 Å². The van der Waals surface area contributed by atoms with Gasteiger partial charge in [-0.3, -0.25) is 9.59 Å². The average molecular weight is 568 g/mol. The molecule has 7 heteroatoms. The maximum Gasteiger partial charge on any atom is 0.312 e. The molecule has 1 aliphatic heterocycles. The first-order valence-corrected chi connectivity index (χ1v) is 14.8. The highest BCUT2D eigenvalue weighted by molar-refractivity contribution is 6.20. The van der Waals surface area contributed by atoms with Gasteiger partial charge in [0, 0.05) is 24.6 Å². The lowest BCUT2D eigenvalue weighted by atomic mass is 9.55. The van der Waals surface area contributed by atoms with Gasteiger partial charge in [0.2, 0.25) is 0 Å². The van der Waals surface area contributed by atoms with E-state index in [1.54, 1.807) is 4.90 Å². The number of fused-ring (bicyclic) bond motifs is 1. The van der Waals surface area contributed by atoms with Crippen molar-refractivity contribution in [2.24, 2.45) is 22.2 Å². The SMILES string of the molecule is CCc1ccccc1C1=CC2C=CC(OCC(O)COC(=O)C(C)(C(C)(C)C)C(C)(C)C)=CC2N(CCCO)C1=O. The number of aliphatic hydroxyl groups excluding tert-OH is 2. The molecule has 2 N–H and O–H groups in total. The summed E-state index contributed by atoms with van der Waals surface area (Å²) >= 11 is 0. The lowest BCUT2D eigenvalue weighted by Crippen LogP contribution is -2.51. The minimum atomic E-state index is -1.01. The minimum Gasteiger partial charge on any atom is -0.491 e. The normalized spacial score (nSPS) is 20.2. The van der Waals surface area contributed by atoms with Crippen LogP contribution in [0.2, 0.25) is 0 Å². The van der Waals surface area contributed by atoms with Gasteiger partial charge in [0.15, 0.2) is 0 Å². The Morgan fingerprint density at radius 3 is 2.29 bits per heavy atom. The Hall–Kier alpha value is -2.90. The fourth-order valence-electron chi connectivity index (χ4n) is 5.84. The van der Waals surface area contributed by atoms with Crippen molar-refractivity contribution in [3.63, 3.8) is 0 Å². The van der Waals surface area contributed by atoms with Crippen molar-refractivity contribution in [3.8, 4) is 0 Å². The number of ether oxygens (including phenoxy) is 2. The number of hydrogen-bond acceptors (Lipinski definition) is 6. The van der Waals surface area contributed by atoms with E-state index in [4.69, 9.17) is 9.47 Å². The molecular weight excluding hydrogens is 518 g/mol. The lowest BCUT2D eigenvalue weighted by Gasteiger charge is -2.48. The van der Waals surface area contributed by atoms with Crippen LogP contribution >= 0.6 is 0 Å². The molecule has 2 aliphatic rings. The standard InChI is InChI=1S/C34H49NO6/c1-9-23-13-10-11-14-27(23)28-19-24-15-16-26(20-29(24)35(30(28)38)17-12-18-36)40-21-25(37)22-41-31(39)34(8,32(2,3)4)33(5,6)7/h10-11,13-16,19-20,24-25,29,36-37H,9,12,17-18,21-22H2,1-8H3. The Balaban J connectivity index is 1.71. The van der Waals surface area contributed by atoms with E-state index in [-0.39, 0.29) is 54.5 Å². The van der Waals surface area contributed by atoms with Gasteiger partial charge in [0.1, 0.15) is 25.1 Å². The summed E-state index contributed by atoms with van der Waals surface area (Å²) in [6.07, 6.45) is 8.07. The summed E-state index contributed by atoms with van der Waals surface area (Å²) in [6, 6.07) is 7.71. The van der Waals surface area contributed by atoms with Gasteiger partial charge in [-0.2, -0.15) is 0 Å². The summed E-state index contributed by atoms with van der Waals surface area (Å²) in [4.78, 5) is 28.7. The van der Waals surface area contributed by atoms with Gasteiger partial charge in [-0.15, -0.1) is 0 Å². The van der Waals surface area contributed by atoms with Crippen LogP contribution in [0.15, 0.2) is 54.3 Å². The first kappa shape index (κ1) is 32.6. The van der Waals surface area contributed by atoms with Crippen LogP contribution in [0.1, 0.15) is 72.9 Å². The molecule has 3 unspecified atom stereocenters. The van der Waals surface area contributed by atoms with Crippen molar-refractivity contribution in [1.82, 2.24) is 4.90 Å². The second kappa shape index (κ2) is 13.0. The van der Waals surface area contributed by atoms with Crippen molar-refractivity contribution in [1.29, 1.82) is 0 Å². The minimum absolute atomic E-state index is 0.0109. The number of carbonyl (C=O) groups excluding carboxylic acids is 2. The van der Waals surface area contributed by atoms with Crippen LogP contribution in [0, 0.1) is 22.2 Å². The second-order valence-electron chi connectivity index (χ2n) is 13.4. The first-order chi connectivity index (χ1) is 19.2. The van der Waals surface area contributed by atoms with E-state index < -0.39 is 11.5 Å². The van der Waals surface area contributed by atoms with Crippen molar-refractivity contribution in [3.05, 3.63) is 65.5 Å². The third kappa shape index (κ3) is 6.95. The molecule has 3 atom stereocenters. The number of aryl methyl sites for hydroxylation is 1. The van der Waals surface area contributed by atoms with Gasteiger partial charge in [0.05, 0.1) is 11.5 Å². The molecule has 7 nitrogen and oxygen atoms in total. The van der Waals surface area contributed by atoms with Gasteiger partial charge in [-0.05, 0) is 53.9 Å².